The maximum Gasteiger partial charge on any atom is -0.147 e. The molecule has 0 unspecified atom stereocenters. The van der Waals surface area contributed by atoms with Gasteiger partial charge in [-0.1, -0.05) is 0 Å². The molecule has 0 spiro atoms. The fourth-order valence-corrected chi connectivity index (χ4v) is 5.96. The van der Waals surface area contributed by atoms with E-state index in [2.05, 4.69) is 85.5 Å². The van der Waals surface area contributed by atoms with Gasteiger partial charge in [-0.25, -0.2) is 0 Å². The van der Waals surface area contributed by atoms with Crippen LogP contribution in [0.5, 0.6) is 11.5 Å². The molecule has 3 rings (SSSR count). The van der Waals surface area contributed by atoms with Gasteiger partial charge in [-0.05, 0) is 0 Å². The van der Waals surface area contributed by atoms with Gasteiger partial charge in [0.15, 0.2) is 0 Å². The van der Waals surface area contributed by atoms with E-state index in [0.29, 0.717) is 0 Å². The molecule has 1 aromatic heterocycles. The summed E-state index contributed by atoms with van der Waals surface area (Å²) in [5.74, 6) is 2.46. The van der Waals surface area contributed by atoms with Gasteiger partial charge >= 0.3 is 210 Å². The Morgan fingerprint density at radius 3 is 1.58 bits per heavy atom. The summed E-state index contributed by atoms with van der Waals surface area (Å²) < 4.78 is 22.9. The summed E-state index contributed by atoms with van der Waals surface area (Å²) >= 11 is 4.49. The molecule has 2 aromatic carbocycles. The summed E-state index contributed by atoms with van der Waals surface area (Å²) in [5.41, 5.74) is 2.13. The molecule has 3 nitrogen and oxygen atoms in total. The maximum absolute atomic E-state index is 6.60. The zero-order valence-electron chi connectivity index (χ0n) is 19.6. The summed E-state index contributed by atoms with van der Waals surface area (Å²) in [7, 11) is 0. The van der Waals surface area contributed by atoms with E-state index in [1.165, 1.54) is 0 Å². The largest absolute Gasteiger partial charge is 0.147 e. The zero-order valence-corrected chi connectivity index (χ0v) is 25.9. The Balaban J connectivity index is 0.00000272. The van der Waals surface area contributed by atoms with Gasteiger partial charge in [-0.3, -0.25) is 0 Å². The maximum atomic E-state index is 6.60. The average Bonchev–Trinajstić information content (AvgIpc) is 3.16. The van der Waals surface area contributed by atoms with Gasteiger partial charge in [0, 0.05) is 0 Å². The molecule has 0 saturated carbocycles. The number of benzene rings is 2. The molecule has 0 aliphatic heterocycles. The third-order valence-electron chi connectivity index (χ3n) is 4.72. The zero-order chi connectivity index (χ0) is 22.8. The first-order valence-electron chi connectivity index (χ1n) is 10.1. The quantitative estimate of drug-likeness (QED) is 0.257. The predicted molar refractivity (Wildman–Crippen MR) is 145 cm³/mol. The second kappa shape index (κ2) is 12.4. The van der Waals surface area contributed by atoms with Crippen LogP contribution in [-0.4, -0.2) is 4.31 Å². The van der Waals surface area contributed by atoms with Crippen molar-refractivity contribution in [3.63, 3.8) is 0 Å². The van der Waals surface area contributed by atoms with Crippen LogP contribution in [0.2, 0.25) is 0 Å². The second-order valence-electron chi connectivity index (χ2n) is 9.46. The molecule has 0 saturated heterocycles. The Kier molecular flexibility index (Phi) is 11.5. The Morgan fingerprint density at radius 1 is 0.758 bits per heavy atom. The van der Waals surface area contributed by atoms with Crippen molar-refractivity contribution in [2.24, 2.45) is 0 Å². The van der Waals surface area contributed by atoms with E-state index in [4.69, 9.17) is 11.1 Å². The molecule has 0 N–H and O–H groups in total. The molecule has 0 amide bonds. The van der Waals surface area contributed by atoms with E-state index in [-0.39, 0.29) is 35.6 Å². The standard InChI is InChI=1S/2C10H13BrO.C5H4O.2ClH.Ti/c2*1-10(2,3)8-6-7(11)4-5-9(8)12;1-5-3-2-4-6-5;;;/h2*4-6,12H,1-3H3;1-4H;2*1H;/q;;;;;+2/p-2. The van der Waals surface area contributed by atoms with Crippen molar-refractivity contribution in [3.05, 3.63) is 80.6 Å². The molecule has 3 aromatic rings. The number of hydrogen-bond acceptors (Lipinski definition) is 3. The molecule has 0 bridgehead atoms. The molecule has 0 fully saturated rings. The van der Waals surface area contributed by atoms with Crippen molar-refractivity contribution in [1.82, 2.24) is 0 Å². The predicted octanol–water partition coefficient (Wildman–Crippen LogP) is 9.00. The van der Waals surface area contributed by atoms with Crippen molar-refractivity contribution >= 4 is 61.0 Å². The van der Waals surface area contributed by atoms with Crippen molar-refractivity contribution in [2.75, 3.05) is 0 Å². The summed E-state index contributed by atoms with van der Waals surface area (Å²) in [6.07, 6.45) is 1.67. The van der Waals surface area contributed by atoms with Crippen molar-refractivity contribution in [2.45, 2.75) is 52.4 Å². The van der Waals surface area contributed by atoms with Crippen LogP contribution in [0.4, 0.5) is 0 Å². The van der Waals surface area contributed by atoms with E-state index in [1.54, 1.807) is 6.26 Å². The summed E-state index contributed by atoms with van der Waals surface area (Å²) in [6, 6.07) is 16.1. The van der Waals surface area contributed by atoms with Crippen LogP contribution >= 0.6 is 56.7 Å². The molecular weight excluding hydrogens is 627 g/mol. The minimum absolute atomic E-state index is 0. The number of rotatable bonds is 5. The normalized spacial score (nSPS) is 11.2. The van der Waals surface area contributed by atoms with Crippen LogP contribution in [0.3, 0.4) is 0 Å². The van der Waals surface area contributed by atoms with Gasteiger partial charge in [-0.15, -0.1) is 24.8 Å². The van der Waals surface area contributed by atoms with Crippen LogP contribution in [0, 0.1) is 0 Å². The molecule has 0 aliphatic rings. The molecule has 0 atom stereocenters. The van der Waals surface area contributed by atoms with E-state index >= 15 is 0 Å². The van der Waals surface area contributed by atoms with Crippen molar-refractivity contribution in [3.8, 4) is 11.5 Å². The first kappa shape index (κ1) is 30.5. The Bertz CT molecular complexity index is 1020. The summed E-state index contributed by atoms with van der Waals surface area (Å²) in [5, 5.41) is 0. The summed E-state index contributed by atoms with van der Waals surface area (Å²) in [6.45, 7) is 13.1. The monoisotopic (exact) mass is 654 g/mol. The molecule has 180 valence electrons. The smallest absolute Gasteiger partial charge is 0.147 e. The van der Waals surface area contributed by atoms with Crippen LogP contribution < -0.4 is 6.64 Å². The molecular formula is C25H30Br2Cl2O3Ti. The van der Waals surface area contributed by atoms with Crippen LogP contribution in [0.15, 0.2) is 68.2 Å². The van der Waals surface area contributed by atoms with Gasteiger partial charge in [0.25, 0.3) is 0 Å². The van der Waals surface area contributed by atoms with Crippen LogP contribution in [-0.2, 0) is 29.0 Å². The fourth-order valence-electron chi connectivity index (χ4n) is 3.14. The average molecular weight is 657 g/mol. The summed E-state index contributed by atoms with van der Waals surface area (Å²) in [4.78, 5) is 0. The minimum Gasteiger partial charge on any atom is -0.147 e. The van der Waals surface area contributed by atoms with Gasteiger partial charge in [0.2, 0.25) is 0 Å². The first-order valence-corrected chi connectivity index (χ1v) is 13.9. The van der Waals surface area contributed by atoms with Crippen molar-refractivity contribution < 1.29 is 29.2 Å². The number of furan rings is 1. The minimum atomic E-state index is -2.70. The molecule has 0 aliphatic carbocycles. The van der Waals surface area contributed by atoms with E-state index in [9.17, 15) is 0 Å². The molecule has 1 heterocycles. The van der Waals surface area contributed by atoms with Gasteiger partial charge in [-0.2, -0.15) is 0 Å². The first-order chi connectivity index (χ1) is 14.4. The van der Waals surface area contributed by atoms with Gasteiger partial charge < -0.3 is 0 Å². The molecule has 8 heteroatoms. The number of hydrogen-bond donors (Lipinski definition) is 0. The SMILES string of the molecule is CC(C)(C)c1cc(Br)ccc1[O][Ti](=[CH]c1ccco1)[O]c1ccc(Br)cc1C(C)(C)C.Cl.Cl. The number of halogens is 4. The van der Waals surface area contributed by atoms with E-state index in [1.807, 2.05) is 40.7 Å². The fraction of sp³-hybridized carbons (Fsp3) is 0.320. The van der Waals surface area contributed by atoms with Gasteiger partial charge in [0.1, 0.15) is 0 Å². The Hall–Kier alpha value is -0.556. The molecule has 0 radical (unpaired) electrons. The van der Waals surface area contributed by atoms with E-state index in [0.717, 1.165) is 37.3 Å². The Morgan fingerprint density at radius 2 is 1.21 bits per heavy atom. The second-order valence-corrected chi connectivity index (χ2v) is 13.4. The molecule has 33 heavy (non-hydrogen) atoms. The van der Waals surface area contributed by atoms with Crippen LogP contribution in [0.1, 0.15) is 58.4 Å². The Labute approximate surface area is 233 Å². The van der Waals surface area contributed by atoms with Crippen molar-refractivity contribution in [1.29, 1.82) is 0 Å². The third kappa shape index (κ3) is 8.56. The van der Waals surface area contributed by atoms with Gasteiger partial charge in [0.05, 0.1) is 0 Å². The van der Waals surface area contributed by atoms with E-state index < -0.39 is 18.2 Å². The topological polar surface area (TPSA) is 31.6 Å². The van der Waals surface area contributed by atoms with Crippen LogP contribution in [0.25, 0.3) is 0 Å². The third-order valence-corrected chi connectivity index (χ3v) is 7.84.